The summed E-state index contributed by atoms with van der Waals surface area (Å²) in [5.74, 6) is -1.13. The lowest BCUT2D eigenvalue weighted by Gasteiger charge is -2.24. The number of nitrogens with zero attached hydrogens (tertiary/aromatic N) is 2. The van der Waals surface area contributed by atoms with Crippen molar-refractivity contribution in [2.75, 3.05) is 5.01 Å². The standard InChI is InChI=1S/C28H25ClF3N3O2/c29-22-15-17-24(18-16-22)35(27(37)20-11-13-21(14-12-20)28(30,31)32)34-25(19-7-3-1-4-8-19)26(36)33-23-9-5-2-6-10-23/h1,3-4,7-8,11-18,23H,2,5-6,9-10H2,(H,33,36)/b34-25-. The first-order chi connectivity index (χ1) is 17.7. The Hall–Kier alpha value is -3.65. The molecule has 4 rings (SSSR count). The Morgan fingerprint density at radius 2 is 1.46 bits per heavy atom. The van der Waals surface area contributed by atoms with Gasteiger partial charge < -0.3 is 5.32 Å². The molecule has 0 aliphatic heterocycles. The molecule has 1 N–H and O–H groups in total. The van der Waals surface area contributed by atoms with E-state index in [0.29, 0.717) is 16.3 Å². The van der Waals surface area contributed by atoms with Crippen LogP contribution in [0, 0.1) is 0 Å². The Labute approximate surface area is 217 Å². The van der Waals surface area contributed by atoms with Crippen LogP contribution in [0.3, 0.4) is 0 Å². The van der Waals surface area contributed by atoms with Gasteiger partial charge in [-0.2, -0.15) is 23.3 Å². The van der Waals surface area contributed by atoms with Gasteiger partial charge in [0.15, 0.2) is 5.71 Å². The maximum atomic E-state index is 13.5. The average molecular weight is 528 g/mol. The van der Waals surface area contributed by atoms with Crippen molar-refractivity contribution in [2.24, 2.45) is 5.10 Å². The fourth-order valence-electron chi connectivity index (χ4n) is 4.16. The zero-order chi connectivity index (χ0) is 26.4. The quantitative estimate of drug-likeness (QED) is 0.281. The van der Waals surface area contributed by atoms with Crippen molar-refractivity contribution in [1.82, 2.24) is 5.32 Å². The molecule has 192 valence electrons. The number of hydrogen-bond donors (Lipinski definition) is 1. The van der Waals surface area contributed by atoms with Crippen molar-refractivity contribution in [3.63, 3.8) is 0 Å². The van der Waals surface area contributed by atoms with Crippen molar-refractivity contribution in [3.05, 3.63) is 101 Å². The molecular formula is C28H25ClF3N3O2. The zero-order valence-electron chi connectivity index (χ0n) is 19.8. The van der Waals surface area contributed by atoms with E-state index in [2.05, 4.69) is 10.4 Å². The van der Waals surface area contributed by atoms with Gasteiger partial charge in [0, 0.05) is 22.2 Å². The molecule has 1 aliphatic carbocycles. The molecule has 3 aromatic rings. The summed E-state index contributed by atoms with van der Waals surface area (Å²) in [4.78, 5) is 27.0. The highest BCUT2D eigenvalue weighted by molar-refractivity contribution is 6.45. The lowest BCUT2D eigenvalue weighted by Crippen LogP contribution is -2.42. The Morgan fingerprint density at radius 3 is 2.05 bits per heavy atom. The molecule has 5 nitrogen and oxygen atoms in total. The van der Waals surface area contributed by atoms with Crippen LogP contribution >= 0.6 is 11.6 Å². The number of hydrazone groups is 1. The van der Waals surface area contributed by atoms with E-state index in [0.717, 1.165) is 61.4 Å². The van der Waals surface area contributed by atoms with Gasteiger partial charge in [0.2, 0.25) is 0 Å². The van der Waals surface area contributed by atoms with Crippen LogP contribution in [0.1, 0.15) is 53.6 Å². The number of halogens is 4. The van der Waals surface area contributed by atoms with Crippen molar-refractivity contribution >= 4 is 34.8 Å². The van der Waals surface area contributed by atoms with Gasteiger partial charge in [-0.25, -0.2) is 0 Å². The maximum absolute atomic E-state index is 13.5. The molecule has 37 heavy (non-hydrogen) atoms. The maximum Gasteiger partial charge on any atom is 0.416 e. The molecule has 1 saturated carbocycles. The predicted octanol–water partition coefficient (Wildman–Crippen LogP) is 6.86. The first-order valence-corrected chi connectivity index (χ1v) is 12.3. The second-order valence-electron chi connectivity index (χ2n) is 8.79. The topological polar surface area (TPSA) is 61.8 Å². The third-order valence-corrected chi connectivity index (χ3v) is 6.38. The van der Waals surface area contributed by atoms with Gasteiger partial charge in [-0.15, -0.1) is 0 Å². The first kappa shape index (κ1) is 26.4. The summed E-state index contributed by atoms with van der Waals surface area (Å²) >= 11 is 6.02. The molecule has 0 unspecified atom stereocenters. The van der Waals surface area contributed by atoms with Crippen LogP contribution in [0.2, 0.25) is 5.02 Å². The van der Waals surface area contributed by atoms with Crippen LogP contribution < -0.4 is 10.3 Å². The molecule has 0 saturated heterocycles. The molecule has 9 heteroatoms. The smallest absolute Gasteiger partial charge is 0.348 e. The minimum absolute atomic E-state index is 0.00441. The van der Waals surface area contributed by atoms with Crippen LogP contribution in [0.5, 0.6) is 0 Å². The van der Waals surface area contributed by atoms with E-state index in [9.17, 15) is 22.8 Å². The normalized spacial score (nSPS) is 14.8. The molecule has 1 fully saturated rings. The number of hydrogen-bond acceptors (Lipinski definition) is 3. The summed E-state index contributed by atoms with van der Waals surface area (Å²) < 4.78 is 39.1. The number of rotatable bonds is 6. The third kappa shape index (κ3) is 6.77. The minimum atomic E-state index is -4.53. The number of nitrogens with one attached hydrogen (secondary N) is 1. The van der Waals surface area contributed by atoms with Crippen LogP contribution in [0.4, 0.5) is 18.9 Å². The van der Waals surface area contributed by atoms with E-state index in [4.69, 9.17) is 11.6 Å². The molecule has 0 atom stereocenters. The van der Waals surface area contributed by atoms with Gasteiger partial charge in [-0.3, -0.25) is 9.59 Å². The van der Waals surface area contributed by atoms with Gasteiger partial charge in [0.25, 0.3) is 11.8 Å². The van der Waals surface area contributed by atoms with Crippen LogP contribution in [0.25, 0.3) is 0 Å². The summed E-state index contributed by atoms with van der Waals surface area (Å²) in [5, 5.41) is 8.95. The van der Waals surface area contributed by atoms with Gasteiger partial charge in [-0.1, -0.05) is 61.2 Å². The van der Waals surface area contributed by atoms with Crippen molar-refractivity contribution < 1.29 is 22.8 Å². The molecule has 0 spiro atoms. The SMILES string of the molecule is O=C(NC1CCCCC1)/C(=N\N(C(=O)c1ccc(C(F)(F)F)cc1)c1ccc(Cl)cc1)c1ccccc1. The molecule has 3 aromatic carbocycles. The Balaban J connectivity index is 1.76. The summed E-state index contributed by atoms with van der Waals surface area (Å²) in [6.07, 6.45) is 0.349. The zero-order valence-corrected chi connectivity index (χ0v) is 20.6. The van der Waals surface area contributed by atoms with Crippen molar-refractivity contribution in [2.45, 2.75) is 44.3 Å². The summed E-state index contributed by atoms with van der Waals surface area (Å²) in [7, 11) is 0. The molecule has 0 radical (unpaired) electrons. The van der Waals surface area contributed by atoms with E-state index in [1.54, 1.807) is 54.6 Å². The second kappa shape index (κ2) is 11.6. The number of carbonyl (C=O) groups is 2. The number of benzene rings is 3. The molecule has 0 aromatic heterocycles. The van der Waals surface area contributed by atoms with Gasteiger partial charge in [-0.05, 0) is 61.4 Å². The molecule has 1 aliphatic rings. The van der Waals surface area contributed by atoms with Crippen molar-refractivity contribution in [3.8, 4) is 0 Å². The number of amides is 2. The average Bonchev–Trinajstić information content (AvgIpc) is 2.90. The molecule has 0 heterocycles. The summed E-state index contributed by atoms with van der Waals surface area (Å²) in [5.41, 5.74) is -0.0844. The molecule has 0 bridgehead atoms. The summed E-state index contributed by atoms with van der Waals surface area (Å²) in [6, 6.07) is 18.8. The van der Waals surface area contributed by atoms with E-state index in [-0.39, 0.29) is 17.3 Å². The number of anilines is 1. The highest BCUT2D eigenvalue weighted by atomic mass is 35.5. The largest absolute Gasteiger partial charge is 0.416 e. The fraction of sp³-hybridized carbons (Fsp3) is 0.250. The predicted molar refractivity (Wildman–Crippen MR) is 138 cm³/mol. The van der Waals surface area contributed by atoms with E-state index in [1.807, 2.05) is 0 Å². The Kier molecular flexibility index (Phi) is 8.28. The summed E-state index contributed by atoms with van der Waals surface area (Å²) in [6.45, 7) is 0. The highest BCUT2D eigenvalue weighted by Gasteiger charge is 2.31. The lowest BCUT2D eigenvalue weighted by atomic mass is 9.95. The molecule has 2 amide bonds. The van der Waals surface area contributed by atoms with E-state index < -0.39 is 23.6 Å². The Morgan fingerprint density at radius 1 is 0.838 bits per heavy atom. The highest BCUT2D eigenvalue weighted by Crippen LogP contribution is 2.30. The van der Waals surface area contributed by atoms with Crippen molar-refractivity contribution in [1.29, 1.82) is 0 Å². The van der Waals surface area contributed by atoms with E-state index in [1.165, 1.54) is 0 Å². The van der Waals surface area contributed by atoms with Gasteiger partial charge in [0.05, 0.1) is 11.3 Å². The first-order valence-electron chi connectivity index (χ1n) is 11.9. The Bertz CT molecular complexity index is 1250. The molecular weight excluding hydrogens is 503 g/mol. The monoisotopic (exact) mass is 527 g/mol. The van der Waals surface area contributed by atoms with Crippen LogP contribution in [-0.4, -0.2) is 23.6 Å². The van der Waals surface area contributed by atoms with E-state index >= 15 is 0 Å². The van der Waals surface area contributed by atoms with Crippen LogP contribution in [0.15, 0.2) is 84.0 Å². The van der Waals surface area contributed by atoms with Gasteiger partial charge in [0.1, 0.15) is 0 Å². The van der Waals surface area contributed by atoms with Gasteiger partial charge >= 0.3 is 6.18 Å². The fourth-order valence-corrected chi connectivity index (χ4v) is 4.28. The lowest BCUT2D eigenvalue weighted by molar-refractivity contribution is -0.137. The minimum Gasteiger partial charge on any atom is -0.348 e. The number of alkyl halides is 3. The van der Waals surface area contributed by atoms with Crippen LogP contribution in [-0.2, 0) is 11.0 Å². The second-order valence-corrected chi connectivity index (χ2v) is 9.23. The third-order valence-electron chi connectivity index (χ3n) is 6.13. The number of carbonyl (C=O) groups excluding carboxylic acids is 2.